The van der Waals surface area contributed by atoms with Gasteiger partial charge in [0.05, 0.1) is 6.04 Å². The number of nitrogens with one attached hydrogen (secondary N) is 1. The van der Waals surface area contributed by atoms with E-state index in [2.05, 4.69) is 5.32 Å². The standard InChI is InChI=1S/C14H24N2O3/c1-14(2,3)19-13(18)15-11-7-8-16(9-11)12(17)10-5-4-6-10/h10-11H,4-9H2,1-3H3,(H,15,18)/t11-/m1/s1. The molecule has 2 rings (SSSR count). The SMILES string of the molecule is CC(C)(C)OC(=O)N[C@@H]1CCN(C(=O)C2CCC2)C1. The monoisotopic (exact) mass is 268 g/mol. The van der Waals surface area contributed by atoms with Crippen LogP contribution in [0.2, 0.25) is 0 Å². The molecule has 0 aromatic heterocycles. The van der Waals surface area contributed by atoms with Gasteiger partial charge in [-0.05, 0) is 40.0 Å². The van der Waals surface area contributed by atoms with Gasteiger partial charge in [0, 0.05) is 19.0 Å². The van der Waals surface area contributed by atoms with Crippen LogP contribution >= 0.6 is 0 Å². The molecule has 1 aliphatic heterocycles. The Hall–Kier alpha value is -1.26. The Labute approximate surface area is 114 Å². The van der Waals surface area contributed by atoms with Crippen molar-refractivity contribution in [2.45, 2.75) is 58.1 Å². The summed E-state index contributed by atoms with van der Waals surface area (Å²) in [5.41, 5.74) is -0.482. The molecule has 1 saturated carbocycles. The summed E-state index contributed by atoms with van der Waals surface area (Å²) in [4.78, 5) is 25.6. The summed E-state index contributed by atoms with van der Waals surface area (Å²) in [6, 6.07) is 0.0267. The van der Waals surface area contributed by atoms with Crippen molar-refractivity contribution in [3.63, 3.8) is 0 Å². The predicted molar refractivity (Wildman–Crippen MR) is 71.7 cm³/mol. The van der Waals surface area contributed by atoms with Crippen LogP contribution in [0.25, 0.3) is 0 Å². The maximum Gasteiger partial charge on any atom is 0.407 e. The number of carbonyl (C=O) groups excluding carboxylic acids is 2. The van der Waals surface area contributed by atoms with Crippen molar-refractivity contribution in [3.8, 4) is 0 Å². The normalized spacial score (nSPS) is 23.9. The molecule has 0 aromatic carbocycles. The lowest BCUT2D eigenvalue weighted by Crippen LogP contribution is -2.43. The van der Waals surface area contributed by atoms with E-state index in [0.29, 0.717) is 6.54 Å². The molecule has 108 valence electrons. The van der Waals surface area contributed by atoms with Gasteiger partial charge in [-0.25, -0.2) is 4.79 Å². The van der Waals surface area contributed by atoms with E-state index in [-0.39, 0.29) is 17.9 Å². The zero-order valence-corrected chi connectivity index (χ0v) is 12.1. The molecule has 1 heterocycles. The highest BCUT2D eigenvalue weighted by atomic mass is 16.6. The van der Waals surface area contributed by atoms with Gasteiger partial charge >= 0.3 is 6.09 Å². The highest BCUT2D eigenvalue weighted by molar-refractivity contribution is 5.80. The molecule has 2 aliphatic rings. The molecule has 2 amide bonds. The molecule has 0 spiro atoms. The number of ether oxygens (including phenoxy) is 1. The summed E-state index contributed by atoms with van der Waals surface area (Å²) in [6.07, 6.45) is 3.65. The van der Waals surface area contributed by atoms with Crippen LogP contribution in [0, 0.1) is 5.92 Å². The average Bonchev–Trinajstić information content (AvgIpc) is 2.59. The first-order valence-electron chi connectivity index (χ1n) is 7.13. The Morgan fingerprint density at radius 3 is 2.42 bits per heavy atom. The summed E-state index contributed by atoms with van der Waals surface area (Å²) in [6.45, 7) is 6.89. The lowest BCUT2D eigenvalue weighted by molar-refractivity contribution is -0.137. The Morgan fingerprint density at radius 1 is 1.21 bits per heavy atom. The highest BCUT2D eigenvalue weighted by Crippen LogP contribution is 2.29. The van der Waals surface area contributed by atoms with Crippen LogP contribution in [0.15, 0.2) is 0 Å². The minimum absolute atomic E-state index is 0.0267. The first kappa shape index (κ1) is 14.2. The summed E-state index contributed by atoms with van der Waals surface area (Å²) in [5, 5.41) is 2.84. The minimum atomic E-state index is -0.482. The van der Waals surface area contributed by atoms with E-state index in [1.807, 2.05) is 25.7 Å². The van der Waals surface area contributed by atoms with Crippen molar-refractivity contribution in [3.05, 3.63) is 0 Å². The molecule has 0 bridgehead atoms. The lowest BCUT2D eigenvalue weighted by atomic mass is 9.84. The molecule has 1 saturated heterocycles. The van der Waals surface area contributed by atoms with E-state index in [4.69, 9.17) is 4.74 Å². The van der Waals surface area contributed by atoms with Crippen molar-refractivity contribution in [2.75, 3.05) is 13.1 Å². The van der Waals surface area contributed by atoms with Crippen LogP contribution in [-0.2, 0) is 9.53 Å². The number of likely N-dealkylation sites (tertiary alicyclic amines) is 1. The van der Waals surface area contributed by atoms with E-state index in [9.17, 15) is 9.59 Å². The first-order valence-corrected chi connectivity index (χ1v) is 7.13. The summed E-state index contributed by atoms with van der Waals surface area (Å²) in [5.74, 6) is 0.500. The number of carbonyl (C=O) groups is 2. The Balaban J connectivity index is 1.75. The molecule has 1 aliphatic carbocycles. The number of alkyl carbamates (subject to hydrolysis) is 1. The van der Waals surface area contributed by atoms with Crippen LogP contribution in [0.5, 0.6) is 0 Å². The van der Waals surface area contributed by atoms with E-state index < -0.39 is 11.7 Å². The molecule has 2 fully saturated rings. The third-order valence-corrected chi connectivity index (χ3v) is 3.68. The van der Waals surface area contributed by atoms with Gasteiger partial charge in [0.25, 0.3) is 0 Å². The first-order chi connectivity index (χ1) is 8.85. The molecular weight excluding hydrogens is 244 g/mol. The van der Waals surface area contributed by atoms with Gasteiger partial charge in [0.1, 0.15) is 5.60 Å². The number of amides is 2. The van der Waals surface area contributed by atoms with Gasteiger partial charge in [0.2, 0.25) is 5.91 Å². The quantitative estimate of drug-likeness (QED) is 0.832. The largest absolute Gasteiger partial charge is 0.444 e. The van der Waals surface area contributed by atoms with Crippen molar-refractivity contribution in [2.24, 2.45) is 5.92 Å². The summed E-state index contributed by atoms with van der Waals surface area (Å²) < 4.78 is 5.22. The molecule has 19 heavy (non-hydrogen) atoms. The molecule has 5 heteroatoms. The maximum atomic E-state index is 12.1. The lowest BCUT2D eigenvalue weighted by Gasteiger charge is -2.29. The number of nitrogens with zero attached hydrogens (tertiary/aromatic N) is 1. The van der Waals surface area contributed by atoms with Gasteiger partial charge in [0.15, 0.2) is 0 Å². The van der Waals surface area contributed by atoms with E-state index in [1.54, 1.807) is 0 Å². The molecule has 5 nitrogen and oxygen atoms in total. The highest BCUT2D eigenvalue weighted by Gasteiger charge is 2.34. The second kappa shape index (κ2) is 5.39. The van der Waals surface area contributed by atoms with E-state index >= 15 is 0 Å². The topological polar surface area (TPSA) is 58.6 Å². The van der Waals surface area contributed by atoms with Gasteiger partial charge in [-0.2, -0.15) is 0 Å². The smallest absolute Gasteiger partial charge is 0.407 e. The van der Waals surface area contributed by atoms with Crippen molar-refractivity contribution < 1.29 is 14.3 Å². The summed E-state index contributed by atoms with van der Waals surface area (Å²) in [7, 11) is 0. The number of hydrogen-bond acceptors (Lipinski definition) is 3. The molecule has 0 unspecified atom stereocenters. The van der Waals surface area contributed by atoms with Crippen LogP contribution < -0.4 is 5.32 Å². The predicted octanol–water partition coefficient (Wildman–Crippen LogP) is 1.91. The molecule has 0 radical (unpaired) electrons. The Kier molecular flexibility index (Phi) is 4.02. The van der Waals surface area contributed by atoms with Crippen LogP contribution in [0.3, 0.4) is 0 Å². The van der Waals surface area contributed by atoms with E-state index in [1.165, 1.54) is 6.42 Å². The number of rotatable bonds is 2. The van der Waals surface area contributed by atoms with Gasteiger partial charge in [-0.15, -0.1) is 0 Å². The molecule has 1 N–H and O–H groups in total. The van der Waals surface area contributed by atoms with Gasteiger partial charge in [-0.3, -0.25) is 4.79 Å². The minimum Gasteiger partial charge on any atom is -0.444 e. The van der Waals surface area contributed by atoms with Crippen LogP contribution in [0.4, 0.5) is 4.79 Å². The second-order valence-corrected chi connectivity index (χ2v) is 6.54. The third-order valence-electron chi connectivity index (χ3n) is 3.68. The zero-order valence-electron chi connectivity index (χ0n) is 12.1. The maximum absolute atomic E-state index is 12.1. The van der Waals surface area contributed by atoms with Crippen molar-refractivity contribution >= 4 is 12.0 Å². The van der Waals surface area contributed by atoms with Crippen molar-refractivity contribution in [1.82, 2.24) is 10.2 Å². The van der Waals surface area contributed by atoms with Crippen LogP contribution in [0.1, 0.15) is 46.5 Å². The second-order valence-electron chi connectivity index (χ2n) is 6.54. The fourth-order valence-corrected chi connectivity index (χ4v) is 2.47. The summed E-state index contributed by atoms with van der Waals surface area (Å²) >= 11 is 0. The van der Waals surface area contributed by atoms with E-state index in [0.717, 1.165) is 25.8 Å². The molecular formula is C14H24N2O3. The van der Waals surface area contributed by atoms with Gasteiger partial charge in [-0.1, -0.05) is 6.42 Å². The zero-order chi connectivity index (χ0) is 14.0. The van der Waals surface area contributed by atoms with Crippen molar-refractivity contribution in [1.29, 1.82) is 0 Å². The van der Waals surface area contributed by atoms with Gasteiger partial charge < -0.3 is 15.0 Å². The molecule has 0 aromatic rings. The van der Waals surface area contributed by atoms with Crippen LogP contribution in [-0.4, -0.2) is 41.6 Å². The Morgan fingerprint density at radius 2 is 1.89 bits per heavy atom. The fourth-order valence-electron chi connectivity index (χ4n) is 2.47. The molecule has 1 atom stereocenters. The number of hydrogen-bond donors (Lipinski definition) is 1. The third kappa shape index (κ3) is 3.85. The Bertz CT molecular complexity index is 358. The average molecular weight is 268 g/mol. The fraction of sp³-hybridized carbons (Fsp3) is 0.857.